The van der Waals surface area contributed by atoms with Gasteiger partial charge in [-0.15, -0.1) is 0 Å². The van der Waals surface area contributed by atoms with Gasteiger partial charge in [-0.2, -0.15) is 0 Å². The van der Waals surface area contributed by atoms with Crippen molar-refractivity contribution in [2.24, 2.45) is 0 Å². The maximum absolute atomic E-state index is 13.9. The number of rotatable bonds is 16. The summed E-state index contributed by atoms with van der Waals surface area (Å²) < 4.78 is 36.6. The number of amides is 1. The number of hydrogen-bond acceptors (Lipinski definition) is 7. The van der Waals surface area contributed by atoms with Gasteiger partial charge >= 0.3 is 13.8 Å². The van der Waals surface area contributed by atoms with Crippen molar-refractivity contribution in [2.45, 2.75) is 38.8 Å². The number of hydrogen-bond donors (Lipinski definition) is 1. The molecular weight excluding hydrogens is 553 g/mol. The molecule has 0 aromatic heterocycles. The molecule has 0 aliphatic heterocycles. The fourth-order valence-electron chi connectivity index (χ4n) is 3.93. The van der Waals surface area contributed by atoms with E-state index in [1.54, 1.807) is 0 Å². The smallest absolute Gasteiger partial charge is 0.461 e. The molecule has 9 heteroatoms. The zero-order valence-electron chi connectivity index (χ0n) is 23.2. The van der Waals surface area contributed by atoms with Gasteiger partial charge in [-0.05, 0) is 22.3 Å². The largest absolute Gasteiger partial charge is 0.476 e. The summed E-state index contributed by atoms with van der Waals surface area (Å²) in [5.74, 6) is -1.01. The maximum Gasteiger partial charge on any atom is 0.476 e. The van der Waals surface area contributed by atoms with Gasteiger partial charge in [0.25, 0.3) is 0 Å². The van der Waals surface area contributed by atoms with E-state index in [-0.39, 0.29) is 39.2 Å². The maximum atomic E-state index is 13.9. The summed E-state index contributed by atoms with van der Waals surface area (Å²) >= 11 is 0. The molecule has 1 N–H and O–H groups in total. The van der Waals surface area contributed by atoms with Gasteiger partial charge in [0, 0.05) is 13.0 Å². The Bertz CT molecular complexity index is 1370. The van der Waals surface area contributed by atoms with Crippen LogP contribution in [0.25, 0.3) is 0 Å². The van der Waals surface area contributed by atoms with Crippen molar-refractivity contribution >= 4 is 19.7 Å². The monoisotopic (exact) mass is 587 g/mol. The first-order valence-electron chi connectivity index (χ1n) is 13.7. The predicted molar refractivity (Wildman–Crippen MR) is 159 cm³/mol. The first-order chi connectivity index (χ1) is 20.5. The average Bonchev–Trinajstić information content (AvgIpc) is 3.03. The van der Waals surface area contributed by atoms with Gasteiger partial charge in [-0.3, -0.25) is 23.2 Å². The van der Waals surface area contributed by atoms with Crippen molar-refractivity contribution in [3.63, 3.8) is 0 Å². The molecule has 4 aromatic carbocycles. The quantitative estimate of drug-likeness (QED) is 0.120. The van der Waals surface area contributed by atoms with Crippen LogP contribution in [0.1, 0.15) is 28.7 Å². The van der Waals surface area contributed by atoms with Crippen LogP contribution in [0, 0.1) is 0 Å². The SMILES string of the molecule is O=C(CCNC(=O)[C@H](Cc1ccccc1)OP(=O)(OCc1ccccc1)OCc1ccccc1)OCc1ccccc1. The molecule has 1 amide bonds. The molecular formula is C33H34NO7P. The summed E-state index contributed by atoms with van der Waals surface area (Å²) in [6.07, 6.45) is -1.15. The predicted octanol–water partition coefficient (Wildman–Crippen LogP) is 6.41. The molecule has 4 rings (SSSR count). The molecule has 0 heterocycles. The van der Waals surface area contributed by atoms with E-state index in [2.05, 4.69) is 5.32 Å². The Morgan fingerprint density at radius 1 is 0.619 bits per heavy atom. The highest BCUT2D eigenvalue weighted by molar-refractivity contribution is 7.48. The lowest BCUT2D eigenvalue weighted by Crippen LogP contribution is -2.38. The minimum atomic E-state index is -4.25. The van der Waals surface area contributed by atoms with Crippen LogP contribution >= 0.6 is 7.82 Å². The lowest BCUT2D eigenvalue weighted by molar-refractivity contribution is -0.145. The summed E-state index contributed by atoms with van der Waals surface area (Å²) in [5.41, 5.74) is 3.19. The van der Waals surface area contributed by atoms with Gasteiger partial charge in [0.15, 0.2) is 6.10 Å². The van der Waals surface area contributed by atoms with Gasteiger partial charge in [0.05, 0.1) is 19.6 Å². The van der Waals surface area contributed by atoms with Gasteiger partial charge in [0.1, 0.15) is 6.61 Å². The third-order valence-corrected chi connectivity index (χ3v) is 7.55. The van der Waals surface area contributed by atoms with Gasteiger partial charge in [0.2, 0.25) is 5.91 Å². The minimum Gasteiger partial charge on any atom is -0.461 e. The number of nitrogens with one attached hydrogen (secondary N) is 1. The highest BCUT2D eigenvalue weighted by Crippen LogP contribution is 2.52. The third kappa shape index (κ3) is 10.7. The zero-order chi connectivity index (χ0) is 29.5. The van der Waals surface area contributed by atoms with E-state index in [1.807, 2.05) is 121 Å². The standard InChI is InChI=1S/C33H34NO7P/c35-32(38-24-28-15-7-2-8-16-28)21-22-34-33(36)31(23-27-13-5-1-6-14-27)41-42(37,39-25-29-17-9-3-10-18-29)40-26-30-19-11-4-12-20-30/h1-20,31H,21-26H2,(H,34,36)/t31-/m0/s1. The highest BCUT2D eigenvalue weighted by atomic mass is 31.2. The molecule has 0 spiro atoms. The average molecular weight is 588 g/mol. The van der Waals surface area contributed by atoms with Crippen molar-refractivity contribution in [2.75, 3.05) is 6.54 Å². The minimum absolute atomic E-state index is 0.0150. The normalized spacial score (nSPS) is 11.9. The van der Waals surface area contributed by atoms with E-state index < -0.39 is 25.8 Å². The summed E-state index contributed by atoms with van der Waals surface area (Å²) in [5, 5.41) is 2.71. The number of esters is 1. The van der Waals surface area contributed by atoms with Gasteiger partial charge in [-0.1, -0.05) is 121 Å². The Hall–Kier alpha value is -4.07. The number of phosphoric ester groups is 1. The Labute approximate surface area is 246 Å². The topological polar surface area (TPSA) is 100 Å². The molecule has 42 heavy (non-hydrogen) atoms. The van der Waals surface area contributed by atoms with Gasteiger partial charge < -0.3 is 10.1 Å². The third-order valence-electron chi connectivity index (χ3n) is 6.15. The van der Waals surface area contributed by atoms with E-state index in [4.69, 9.17) is 18.3 Å². The van der Waals surface area contributed by atoms with E-state index in [0.717, 1.165) is 22.3 Å². The second kappa shape index (κ2) is 16.4. The summed E-state index contributed by atoms with van der Waals surface area (Å²) in [6, 6.07) is 36.9. The van der Waals surface area contributed by atoms with Crippen LogP contribution in [0.15, 0.2) is 121 Å². The number of phosphoric acid groups is 1. The summed E-state index contributed by atoms with van der Waals surface area (Å²) in [4.78, 5) is 25.6. The van der Waals surface area contributed by atoms with Crippen LogP contribution in [-0.2, 0) is 58.7 Å². The Kier molecular flexibility index (Phi) is 12.1. The Balaban J connectivity index is 1.42. The molecule has 0 saturated heterocycles. The van der Waals surface area contributed by atoms with E-state index in [0.29, 0.717) is 0 Å². The molecule has 0 fully saturated rings. The van der Waals surface area contributed by atoms with Crippen molar-refractivity contribution < 1.29 is 32.5 Å². The molecule has 8 nitrogen and oxygen atoms in total. The number of carbonyl (C=O) groups is 2. The Morgan fingerprint density at radius 2 is 1.05 bits per heavy atom. The van der Waals surface area contributed by atoms with Crippen molar-refractivity contribution in [3.05, 3.63) is 144 Å². The van der Waals surface area contributed by atoms with Crippen LogP contribution < -0.4 is 5.32 Å². The summed E-state index contributed by atoms with van der Waals surface area (Å²) in [7, 11) is -4.25. The zero-order valence-corrected chi connectivity index (χ0v) is 24.1. The van der Waals surface area contributed by atoms with Crippen LogP contribution in [-0.4, -0.2) is 24.5 Å². The van der Waals surface area contributed by atoms with Crippen molar-refractivity contribution in [1.29, 1.82) is 0 Å². The summed E-state index contributed by atoms with van der Waals surface area (Å²) in [6.45, 7) is 0.0783. The second-order valence-electron chi connectivity index (χ2n) is 9.44. The number of benzene rings is 4. The van der Waals surface area contributed by atoms with Crippen LogP contribution in [0.2, 0.25) is 0 Å². The van der Waals surface area contributed by atoms with E-state index in [9.17, 15) is 14.2 Å². The van der Waals surface area contributed by atoms with Crippen LogP contribution in [0.4, 0.5) is 0 Å². The lowest BCUT2D eigenvalue weighted by Gasteiger charge is -2.24. The fourth-order valence-corrected chi connectivity index (χ4v) is 5.22. The fraction of sp³-hybridized carbons (Fsp3) is 0.212. The van der Waals surface area contributed by atoms with Crippen LogP contribution in [0.3, 0.4) is 0 Å². The number of carbonyl (C=O) groups excluding carboxylic acids is 2. The first kappa shape index (κ1) is 30.9. The molecule has 0 aliphatic rings. The number of ether oxygens (including phenoxy) is 1. The Morgan fingerprint density at radius 3 is 1.52 bits per heavy atom. The molecule has 0 aliphatic carbocycles. The molecule has 1 atom stereocenters. The van der Waals surface area contributed by atoms with Gasteiger partial charge in [-0.25, -0.2) is 4.57 Å². The first-order valence-corrected chi connectivity index (χ1v) is 15.1. The molecule has 4 aromatic rings. The van der Waals surface area contributed by atoms with Crippen molar-refractivity contribution in [1.82, 2.24) is 5.32 Å². The highest BCUT2D eigenvalue weighted by Gasteiger charge is 2.35. The molecule has 218 valence electrons. The van der Waals surface area contributed by atoms with Crippen molar-refractivity contribution in [3.8, 4) is 0 Å². The van der Waals surface area contributed by atoms with E-state index >= 15 is 0 Å². The van der Waals surface area contributed by atoms with Crippen LogP contribution in [0.5, 0.6) is 0 Å². The second-order valence-corrected chi connectivity index (χ2v) is 11.1. The molecule has 0 saturated carbocycles. The molecule has 0 bridgehead atoms. The molecule has 0 unspecified atom stereocenters. The van der Waals surface area contributed by atoms with E-state index in [1.165, 1.54) is 0 Å². The molecule has 0 radical (unpaired) electrons. The lowest BCUT2D eigenvalue weighted by atomic mass is 10.1.